The number of thioether (sulfide) groups is 1. The van der Waals surface area contributed by atoms with E-state index in [0.717, 1.165) is 14.9 Å². The fraction of sp³-hybridized carbons (Fsp3) is 0.200. The summed E-state index contributed by atoms with van der Waals surface area (Å²) in [5.41, 5.74) is 6.46. The maximum atomic E-state index is 11.0. The molecule has 0 bridgehead atoms. The highest BCUT2D eigenvalue weighted by atomic mass is 32.2. The van der Waals surface area contributed by atoms with E-state index < -0.39 is 10.8 Å². The van der Waals surface area contributed by atoms with Gasteiger partial charge < -0.3 is 10.3 Å². The molecule has 0 unspecified atom stereocenters. The van der Waals surface area contributed by atoms with E-state index >= 15 is 0 Å². The van der Waals surface area contributed by atoms with Crippen LogP contribution in [0, 0.1) is 17.0 Å². The van der Waals surface area contributed by atoms with Crippen LogP contribution in [0.15, 0.2) is 33.1 Å². The highest BCUT2D eigenvalue weighted by molar-refractivity contribution is 8.00. The Morgan fingerprint density at radius 1 is 1.42 bits per heavy atom. The molecule has 0 aliphatic carbocycles. The highest BCUT2D eigenvalue weighted by Crippen LogP contribution is 2.30. The summed E-state index contributed by atoms with van der Waals surface area (Å²) in [6.07, 6.45) is 0.168. The highest BCUT2D eigenvalue weighted by Gasteiger charge is 2.15. The molecular formula is C15H13N5O4S2. The molecular weight excluding hydrogens is 378 g/mol. The number of carbonyl (C=O) groups is 1. The second-order valence-electron chi connectivity index (χ2n) is 5.24. The van der Waals surface area contributed by atoms with Crippen LogP contribution in [0.25, 0.3) is 11.4 Å². The lowest BCUT2D eigenvalue weighted by Crippen LogP contribution is -2.13. The van der Waals surface area contributed by atoms with Crippen molar-refractivity contribution in [3.8, 4) is 11.4 Å². The molecule has 1 amide bonds. The lowest BCUT2D eigenvalue weighted by atomic mass is 10.2. The first-order chi connectivity index (χ1) is 12.4. The van der Waals surface area contributed by atoms with Gasteiger partial charge in [-0.05, 0) is 6.92 Å². The molecule has 0 saturated heterocycles. The Morgan fingerprint density at radius 3 is 2.96 bits per heavy atom. The monoisotopic (exact) mass is 391 g/mol. The molecule has 3 aromatic rings. The predicted octanol–water partition coefficient (Wildman–Crippen LogP) is 2.73. The fourth-order valence-corrected chi connectivity index (χ4v) is 4.18. The van der Waals surface area contributed by atoms with Crippen LogP contribution in [-0.2, 0) is 17.0 Å². The van der Waals surface area contributed by atoms with Crippen molar-refractivity contribution in [2.75, 3.05) is 0 Å². The van der Waals surface area contributed by atoms with Crippen LogP contribution in [0.4, 0.5) is 5.69 Å². The summed E-state index contributed by atoms with van der Waals surface area (Å²) in [4.78, 5) is 30.9. The van der Waals surface area contributed by atoms with E-state index in [0.29, 0.717) is 17.2 Å². The minimum absolute atomic E-state index is 0.0385. The van der Waals surface area contributed by atoms with Crippen molar-refractivity contribution in [2.24, 2.45) is 5.73 Å². The molecule has 0 atom stereocenters. The number of amides is 1. The number of hydrogen-bond acceptors (Lipinski definition) is 9. The molecule has 11 heteroatoms. The zero-order valence-corrected chi connectivity index (χ0v) is 15.2. The number of nitro benzene ring substituents is 1. The smallest absolute Gasteiger partial charge is 0.270 e. The average molecular weight is 391 g/mol. The SMILES string of the molecule is Cc1nc(SCc2nc(-c3cccc([N+](=O)[O-])c3)no2)sc1CC(N)=O. The zero-order valence-electron chi connectivity index (χ0n) is 13.5. The van der Waals surface area contributed by atoms with Crippen LogP contribution in [-0.4, -0.2) is 26.0 Å². The van der Waals surface area contributed by atoms with Crippen molar-refractivity contribution < 1.29 is 14.2 Å². The number of non-ortho nitro benzene ring substituents is 1. The van der Waals surface area contributed by atoms with E-state index in [1.165, 1.54) is 35.2 Å². The number of primary amides is 1. The average Bonchev–Trinajstić information content (AvgIpc) is 3.20. The molecule has 0 aliphatic rings. The van der Waals surface area contributed by atoms with Crippen LogP contribution in [0.5, 0.6) is 0 Å². The van der Waals surface area contributed by atoms with Gasteiger partial charge in [-0.15, -0.1) is 11.3 Å². The van der Waals surface area contributed by atoms with Gasteiger partial charge in [0, 0.05) is 22.6 Å². The van der Waals surface area contributed by atoms with Gasteiger partial charge in [0.1, 0.15) is 0 Å². The Bertz CT molecular complexity index is 969. The van der Waals surface area contributed by atoms with Crippen LogP contribution in [0.2, 0.25) is 0 Å². The number of aryl methyl sites for hydroxylation is 1. The first kappa shape index (κ1) is 18.0. The van der Waals surface area contributed by atoms with Gasteiger partial charge in [0.25, 0.3) is 5.69 Å². The fourth-order valence-electron chi connectivity index (χ4n) is 2.10. The van der Waals surface area contributed by atoms with Crippen molar-refractivity contribution in [3.05, 3.63) is 50.8 Å². The summed E-state index contributed by atoms with van der Waals surface area (Å²) in [6.45, 7) is 1.83. The number of benzene rings is 1. The van der Waals surface area contributed by atoms with Crippen molar-refractivity contribution >= 4 is 34.7 Å². The van der Waals surface area contributed by atoms with Gasteiger partial charge in [0.2, 0.25) is 17.6 Å². The van der Waals surface area contributed by atoms with Gasteiger partial charge in [-0.3, -0.25) is 14.9 Å². The van der Waals surface area contributed by atoms with Gasteiger partial charge in [-0.1, -0.05) is 29.1 Å². The van der Waals surface area contributed by atoms with Crippen LogP contribution >= 0.6 is 23.1 Å². The first-order valence-electron chi connectivity index (χ1n) is 7.37. The van der Waals surface area contributed by atoms with Gasteiger partial charge in [-0.2, -0.15) is 4.98 Å². The van der Waals surface area contributed by atoms with Crippen LogP contribution < -0.4 is 5.73 Å². The molecule has 26 heavy (non-hydrogen) atoms. The van der Waals surface area contributed by atoms with Crippen molar-refractivity contribution in [1.82, 2.24) is 15.1 Å². The van der Waals surface area contributed by atoms with Crippen LogP contribution in [0.3, 0.4) is 0 Å². The summed E-state index contributed by atoms with van der Waals surface area (Å²) in [6, 6.07) is 6.03. The molecule has 0 saturated carbocycles. The molecule has 0 aliphatic heterocycles. The third-order valence-corrected chi connectivity index (χ3v) is 5.60. The number of hydrogen-bond donors (Lipinski definition) is 1. The third-order valence-electron chi connectivity index (χ3n) is 3.31. The van der Waals surface area contributed by atoms with Crippen molar-refractivity contribution in [2.45, 2.75) is 23.4 Å². The van der Waals surface area contributed by atoms with E-state index in [1.54, 1.807) is 12.1 Å². The number of rotatable bonds is 7. The lowest BCUT2D eigenvalue weighted by molar-refractivity contribution is -0.384. The van der Waals surface area contributed by atoms with Gasteiger partial charge in [0.05, 0.1) is 22.8 Å². The van der Waals surface area contributed by atoms with Crippen molar-refractivity contribution in [3.63, 3.8) is 0 Å². The maximum Gasteiger partial charge on any atom is 0.270 e. The first-order valence-corrected chi connectivity index (χ1v) is 9.17. The quantitative estimate of drug-likeness (QED) is 0.368. The van der Waals surface area contributed by atoms with E-state index in [-0.39, 0.29) is 17.9 Å². The summed E-state index contributed by atoms with van der Waals surface area (Å²) in [7, 11) is 0. The summed E-state index contributed by atoms with van der Waals surface area (Å²) in [5, 5.41) is 14.7. The summed E-state index contributed by atoms with van der Waals surface area (Å²) >= 11 is 2.80. The van der Waals surface area contributed by atoms with E-state index in [1.807, 2.05) is 6.92 Å². The molecule has 2 N–H and O–H groups in total. The Labute approximate surface area is 155 Å². The van der Waals surface area contributed by atoms with Gasteiger partial charge in [0.15, 0.2) is 4.34 Å². The Morgan fingerprint density at radius 2 is 2.23 bits per heavy atom. The molecule has 0 radical (unpaired) electrons. The topological polar surface area (TPSA) is 138 Å². The summed E-state index contributed by atoms with van der Waals surface area (Å²) < 4.78 is 5.97. The molecule has 2 heterocycles. The molecule has 0 fully saturated rings. The number of nitrogens with zero attached hydrogens (tertiary/aromatic N) is 4. The normalized spacial score (nSPS) is 10.8. The predicted molar refractivity (Wildman–Crippen MR) is 95.7 cm³/mol. The molecule has 0 spiro atoms. The molecule has 3 rings (SSSR count). The number of carbonyl (C=O) groups excluding carboxylic acids is 1. The largest absolute Gasteiger partial charge is 0.369 e. The van der Waals surface area contributed by atoms with Gasteiger partial charge in [-0.25, -0.2) is 4.98 Å². The summed E-state index contributed by atoms with van der Waals surface area (Å²) in [5.74, 6) is 0.659. The standard InChI is InChI=1S/C15H13N5O4S2/c1-8-11(6-12(16)21)26-15(17-8)25-7-13-18-14(19-24-13)9-3-2-4-10(5-9)20(22)23/h2-5H,6-7H2,1H3,(H2,16,21). The molecule has 134 valence electrons. The Balaban J connectivity index is 1.68. The molecule has 9 nitrogen and oxygen atoms in total. The molecule has 1 aromatic carbocycles. The van der Waals surface area contributed by atoms with Gasteiger partial charge >= 0.3 is 0 Å². The minimum Gasteiger partial charge on any atom is -0.369 e. The van der Waals surface area contributed by atoms with Crippen LogP contribution in [0.1, 0.15) is 16.5 Å². The van der Waals surface area contributed by atoms with Crippen molar-refractivity contribution in [1.29, 1.82) is 0 Å². The molecule has 2 aromatic heterocycles. The maximum absolute atomic E-state index is 11.0. The number of nitro groups is 1. The Kier molecular flexibility index (Phi) is 5.28. The number of nitrogens with two attached hydrogens (primary N) is 1. The second kappa shape index (κ2) is 7.62. The second-order valence-corrected chi connectivity index (χ2v) is 7.55. The number of aromatic nitrogens is 3. The number of thiazole rings is 1. The zero-order chi connectivity index (χ0) is 18.7. The van der Waals surface area contributed by atoms with E-state index in [4.69, 9.17) is 10.3 Å². The Hall–Kier alpha value is -2.79. The van der Waals surface area contributed by atoms with E-state index in [2.05, 4.69) is 15.1 Å². The third kappa shape index (κ3) is 4.24. The van der Waals surface area contributed by atoms with E-state index in [9.17, 15) is 14.9 Å². The minimum atomic E-state index is -0.477. The lowest BCUT2D eigenvalue weighted by Gasteiger charge is -1.94.